The van der Waals surface area contributed by atoms with Crippen molar-refractivity contribution in [2.24, 2.45) is 0 Å². The van der Waals surface area contributed by atoms with Gasteiger partial charge in [0.1, 0.15) is 0 Å². The third-order valence-corrected chi connectivity index (χ3v) is 2.31. The Kier molecular flexibility index (Phi) is 3.19. The monoisotopic (exact) mass is 241 g/mol. The highest BCUT2D eigenvalue weighted by Crippen LogP contribution is 2.15. The van der Waals surface area contributed by atoms with Crippen LogP contribution in [0.15, 0.2) is 22.8 Å². The largest absolute Gasteiger partial charge is 0.478 e. The lowest BCUT2D eigenvalue weighted by molar-refractivity contribution is -0.131. The van der Waals surface area contributed by atoms with E-state index in [0.29, 0.717) is 5.69 Å². The number of aliphatic carboxylic acids is 1. The maximum Gasteiger partial charge on any atom is 0.328 e. The molecule has 0 unspecified atom stereocenters. The van der Waals surface area contributed by atoms with Crippen molar-refractivity contribution in [2.45, 2.75) is 6.92 Å². The topological polar surface area (TPSA) is 50.2 Å². The van der Waals surface area contributed by atoms with Crippen LogP contribution in [-0.2, 0) is 4.79 Å². The Morgan fingerprint density at radius 2 is 2.38 bits per heavy atom. The summed E-state index contributed by atoms with van der Waals surface area (Å²) in [5.41, 5.74) is 1.65. The van der Waals surface area contributed by atoms with E-state index in [1.54, 1.807) is 12.3 Å². The first kappa shape index (κ1) is 9.92. The molecule has 0 atom stereocenters. The molecule has 0 saturated heterocycles. The zero-order valence-electron chi connectivity index (χ0n) is 6.99. The molecule has 0 radical (unpaired) electrons. The number of carboxylic acids is 1. The Labute approximate surface area is 84.2 Å². The van der Waals surface area contributed by atoms with Gasteiger partial charge in [-0.25, -0.2) is 4.79 Å². The molecular weight excluding hydrogens is 234 g/mol. The molecule has 0 bridgehead atoms. The van der Waals surface area contributed by atoms with Gasteiger partial charge < -0.3 is 5.11 Å². The second-order valence-electron chi connectivity index (χ2n) is 2.53. The minimum absolute atomic E-state index is 0.625. The Hall–Kier alpha value is -1.16. The van der Waals surface area contributed by atoms with Gasteiger partial charge in [0.05, 0.1) is 5.69 Å². The van der Waals surface area contributed by atoms with E-state index in [4.69, 9.17) is 5.11 Å². The maximum absolute atomic E-state index is 10.2. The van der Waals surface area contributed by atoms with E-state index in [1.165, 1.54) is 6.08 Å². The van der Waals surface area contributed by atoms with Crippen molar-refractivity contribution in [3.05, 3.63) is 34.1 Å². The van der Waals surface area contributed by atoms with Crippen molar-refractivity contribution in [1.82, 2.24) is 4.98 Å². The van der Waals surface area contributed by atoms with E-state index in [9.17, 15) is 4.79 Å². The smallest absolute Gasteiger partial charge is 0.328 e. The van der Waals surface area contributed by atoms with Gasteiger partial charge in [0.15, 0.2) is 0 Å². The Morgan fingerprint density at radius 1 is 1.69 bits per heavy atom. The van der Waals surface area contributed by atoms with Crippen LogP contribution in [0.5, 0.6) is 0 Å². The molecule has 0 spiro atoms. The predicted octanol–water partition coefficient (Wildman–Crippen LogP) is 2.25. The molecule has 0 aliphatic heterocycles. The van der Waals surface area contributed by atoms with Crippen LogP contribution in [0, 0.1) is 6.92 Å². The maximum atomic E-state index is 10.2. The van der Waals surface area contributed by atoms with Gasteiger partial charge in [0.25, 0.3) is 0 Å². The Morgan fingerprint density at radius 3 is 2.92 bits per heavy atom. The summed E-state index contributed by atoms with van der Waals surface area (Å²) < 4.78 is 0.924. The number of carbonyl (C=O) groups is 1. The molecule has 1 aromatic heterocycles. The van der Waals surface area contributed by atoms with Gasteiger partial charge in [-0.05, 0) is 24.6 Å². The van der Waals surface area contributed by atoms with Gasteiger partial charge in [-0.2, -0.15) is 0 Å². The lowest BCUT2D eigenvalue weighted by Crippen LogP contribution is -1.88. The molecule has 4 heteroatoms. The zero-order valence-corrected chi connectivity index (χ0v) is 8.58. The summed E-state index contributed by atoms with van der Waals surface area (Å²) in [6.45, 7) is 1.92. The molecule has 0 fully saturated rings. The second-order valence-corrected chi connectivity index (χ2v) is 3.38. The molecule has 68 valence electrons. The molecule has 0 aliphatic carbocycles. The summed E-state index contributed by atoms with van der Waals surface area (Å²) in [5, 5.41) is 8.37. The molecule has 1 N–H and O–H groups in total. The number of rotatable bonds is 2. The van der Waals surface area contributed by atoms with E-state index < -0.39 is 5.97 Å². The number of nitrogens with zero attached hydrogens (tertiary/aromatic N) is 1. The van der Waals surface area contributed by atoms with Crippen LogP contribution in [0.3, 0.4) is 0 Å². The van der Waals surface area contributed by atoms with Crippen molar-refractivity contribution >= 4 is 28.0 Å². The van der Waals surface area contributed by atoms with Gasteiger partial charge in [0.2, 0.25) is 0 Å². The number of carboxylic acid groups (broad SMARTS) is 1. The second kappa shape index (κ2) is 4.18. The minimum Gasteiger partial charge on any atom is -0.478 e. The quantitative estimate of drug-likeness (QED) is 0.809. The molecule has 1 heterocycles. The van der Waals surface area contributed by atoms with E-state index in [-0.39, 0.29) is 0 Å². The van der Waals surface area contributed by atoms with Gasteiger partial charge in [-0.15, -0.1) is 0 Å². The summed E-state index contributed by atoms with van der Waals surface area (Å²) in [5.74, 6) is -0.974. The number of hydrogen-bond donors (Lipinski definition) is 1. The summed E-state index contributed by atoms with van der Waals surface area (Å²) >= 11 is 3.33. The van der Waals surface area contributed by atoms with Gasteiger partial charge in [0, 0.05) is 16.7 Å². The van der Waals surface area contributed by atoms with Crippen LogP contribution in [0.25, 0.3) is 6.08 Å². The number of pyridine rings is 1. The number of aryl methyl sites for hydroxylation is 1. The molecule has 0 amide bonds. The fourth-order valence-corrected chi connectivity index (χ4v) is 1.10. The molecule has 1 rings (SSSR count). The van der Waals surface area contributed by atoms with Gasteiger partial charge >= 0.3 is 5.97 Å². The van der Waals surface area contributed by atoms with Crippen molar-refractivity contribution in [3.63, 3.8) is 0 Å². The lowest BCUT2D eigenvalue weighted by atomic mass is 10.2. The average molecular weight is 242 g/mol. The van der Waals surface area contributed by atoms with Crippen molar-refractivity contribution < 1.29 is 9.90 Å². The number of aromatic nitrogens is 1. The van der Waals surface area contributed by atoms with Crippen LogP contribution in [-0.4, -0.2) is 16.1 Å². The first-order valence-electron chi connectivity index (χ1n) is 3.63. The Bertz CT molecular complexity index is 361. The highest BCUT2D eigenvalue weighted by Gasteiger charge is 1.96. The highest BCUT2D eigenvalue weighted by atomic mass is 79.9. The molecule has 1 aromatic rings. The first-order chi connectivity index (χ1) is 6.09. The zero-order chi connectivity index (χ0) is 9.84. The third kappa shape index (κ3) is 2.99. The normalized spacial score (nSPS) is 10.6. The van der Waals surface area contributed by atoms with Crippen LogP contribution < -0.4 is 0 Å². The summed E-state index contributed by atoms with van der Waals surface area (Å²) in [4.78, 5) is 14.2. The minimum atomic E-state index is -0.974. The average Bonchev–Trinajstić information content (AvgIpc) is 2.07. The molecule has 13 heavy (non-hydrogen) atoms. The summed E-state index contributed by atoms with van der Waals surface area (Å²) in [6, 6.07) is 1.77. The van der Waals surface area contributed by atoms with E-state index >= 15 is 0 Å². The van der Waals surface area contributed by atoms with Crippen LogP contribution in [0.2, 0.25) is 0 Å². The fourth-order valence-electron chi connectivity index (χ4n) is 0.762. The van der Waals surface area contributed by atoms with Crippen molar-refractivity contribution in [3.8, 4) is 0 Å². The highest BCUT2D eigenvalue weighted by molar-refractivity contribution is 9.10. The molecule has 0 saturated carbocycles. The van der Waals surface area contributed by atoms with Crippen LogP contribution in [0.4, 0.5) is 0 Å². The Balaban J connectivity index is 2.92. The summed E-state index contributed by atoms with van der Waals surface area (Å²) in [7, 11) is 0. The van der Waals surface area contributed by atoms with Crippen LogP contribution >= 0.6 is 15.9 Å². The first-order valence-corrected chi connectivity index (χ1v) is 4.42. The van der Waals surface area contributed by atoms with Gasteiger partial charge in [-0.1, -0.05) is 15.9 Å². The lowest BCUT2D eigenvalue weighted by Gasteiger charge is -1.97. The molecular formula is C9H8BrNO2. The summed E-state index contributed by atoms with van der Waals surface area (Å²) in [6.07, 6.45) is 4.20. The van der Waals surface area contributed by atoms with Gasteiger partial charge in [-0.3, -0.25) is 4.98 Å². The number of halogens is 1. The predicted molar refractivity (Wildman–Crippen MR) is 53.3 cm³/mol. The van der Waals surface area contributed by atoms with E-state index in [2.05, 4.69) is 20.9 Å². The van der Waals surface area contributed by atoms with Crippen molar-refractivity contribution in [2.75, 3.05) is 0 Å². The van der Waals surface area contributed by atoms with Crippen molar-refractivity contribution in [1.29, 1.82) is 0 Å². The fraction of sp³-hybridized carbons (Fsp3) is 0.111. The SMILES string of the molecule is Cc1cnc(C=CC(=O)O)cc1Br. The molecule has 0 aromatic carbocycles. The standard InChI is InChI=1S/C9H8BrNO2/c1-6-5-11-7(4-8(6)10)2-3-9(12)13/h2-5H,1H3,(H,12,13). The molecule has 0 aliphatic rings. The van der Waals surface area contributed by atoms with Crippen LogP contribution in [0.1, 0.15) is 11.3 Å². The van der Waals surface area contributed by atoms with E-state index in [1.807, 2.05) is 6.92 Å². The van der Waals surface area contributed by atoms with E-state index in [0.717, 1.165) is 16.1 Å². The number of hydrogen-bond acceptors (Lipinski definition) is 2. The molecule has 3 nitrogen and oxygen atoms in total. The third-order valence-electron chi connectivity index (χ3n) is 1.46.